The van der Waals surface area contributed by atoms with Crippen LogP contribution >= 0.6 is 0 Å². The van der Waals surface area contributed by atoms with Gasteiger partial charge in [0.2, 0.25) is 0 Å². The van der Waals surface area contributed by atoms with E-state index in [9.17, 15) is 4.79 Å². The summed E-state index contributed by atoms with van der Waals surface area (Å²) in [6.45, 7) is 2.15. The highest BCUT2D eigenvalue weighted by Gasteiger charge is 2.20. The highest BCUT2D eigenvalue weighted by Crippen LogP contribution is 2.12. The maximum absolute atomic E-state index is 10.5. The first-order valence-corrected chi connectivity index (χ1v) is 3.91. The lowest BCUT2D eigenvalue weighted by molar-refractivity contribution is -0.204. The topological polar surface area (TPSA) is 55.6 Å². The zero-order valence-corrected chi connectivity index (χ0v) is 6.75. The number of hydrogen-bond acceptors (Lipinski definition) is 4. The van der Waals surface area contributed by atoms with Gasteiger partial charge in [0.05, 0.1) is 6.17 Å². The van der Waals surface area contributed by atoms with Crippen LogP contribution in [0.15, 0.2) is 0 Å². The monoisotopic (exact) mass is 158 g/mol. The molecule has 2 N–H and O–H groups in total. The van der Waals surface area contributed by atoms with Crippen molar-refractivity contribution in [2.75, 3.05) is 6.54 Å². The van der Waals surface area contributed by atoms with Crippen LogP contribution in [0.1, 0.15) is 26.2 Å². The van der Waals surface area contributed by atoms with Crippen molar-refractivity contribution in [1.29, 1.82) is 0 Å². The Balaban J connectivity index is 2.35. The molecule has 0 aromatic rings. The molecule has 0 amide bonds. The predicted molar refractivity (Wildman–Crippen MR) is 40.3 cm³/mol. The molecule has 64 valence electrons. The van der Waals surface area contributed by atoms with Crippen LogP contribution in [0.25, 0.3) is 0 Å². The summed E-state index contributed by atoms with van der Waals surface area (Å²) < 4.78 is 0. The first kappa shape index (κ1) is 8.49. The minimum absolute atomic E-state index is 0.104. The molecule has 4 heteroatoms. The van der Waals surface area contributed by atoms with Gasteiger partial charge in [-0.3, -0.25) is 4.79 Å². The molecule has 1 unspecified atom stereocenters. The van der Waals surface area contributed by atoms with Gasteiger partial charge >= 0.3 is 5.97 Å². The van der Waals surface area contributed by atoms with E-state index in [4.69, 9.17) is 10.6 Å². The van der Waals surface area contributed by atoms with Crippen molar-refractivity contribution < 1.29 is 9.63 Å². The third kappa shape index (κ3) is 2.48. The van der Waals surface area contributed by atoms with E-state index < -0.39 is 0 Å². The number of hydroxylamine groups is 2. The Hall–Kier alpha value is -0.610. The van der Waals surface area contributed by atoms with Crippen molar-refractivity contribution in [2.45, 2.75) is 32.4 Å². The number of piperidine rings is 1. The van der Waals surface area contributed by atoms with Crippen LogP contribution in [0.4, 0.5) is 0 Å². The third-order valence-corrected chi connectivity index (χ3v) is 1.74. The molecule has 1 fully saturated rings. The Labute approximate surface area is 66.3 Å². The number of hydrogen-bond donors (Lipinski definition) is 1. The van der Waals surface area contributed by atoms with E-state index >= 15 is 0 Å². The molecule has 1 aliphatic rings. The summed E-state index contributed by atoms with van der Waals surface area (Å²) >= 11 is 0. The molecule has 1 rings (SSSR count). The van der Waals surface area contributed by atoms with Crippen molar-refractivity contribution in [3.8, 4) is 0 Å². The van der Waals surface area contributed by atoms with Crippen LogP contribution in [0.5, 0.6) is 0 Å². The van der Waals surface area contributed by atoms with Crippen LogP contribution in [-0.2, 0) is 9.63 Å². The number of nitrogens with two attached hydrogens (primary N) is 1. The summed E-state index contributed by atoms with van der Waals surface area (Å²) in [5.41, 5.74) is 5.68. The lowest BCUT2D eigenvalue weighted by atomic mass is 10.1. The second-order valence-corrected chi connectivity index (χ2v) is 2.79. The van der Waals surface area contributed by atoms with E-state index in [1.165, 1.54) is 6.92 Å². The Morgan fingerprint density at radius 3 is 2.91 bits per heavy atom. The molecule has 1 heterocycles. The quantitative estimate of drug-likeness (QED) is 0.593. The fourth-order valence-electron chi connectivity index (χ4n) is 1.21. The van der Waals surface area contributed by atoms with Crippen molar-refractivity contribution in [2.24, 2.45) is 5.73 Å². The maximum Gasteiger partial charge on any atom is 0.322 e. The van der Waals surface area contributed by atoms with Gasteiger partial charge in [-0.25, -0.2) is 0 Å². The van der Waals surface area contributed by atoms with Gasteiger partial charge in [-0.15, -0.1) is 5.06 Å². The van der Waals surface area contributed by atoms with Gasteiger partial charge in [0, 0.05) is 13.5 Å². The summed E-state index contributed by atoms with van der Waals surface area (Å²) in [6, 6.07) is 0. The molecule has 0 aromatic carbocycles. The number of carbonyl (C=O) groups excluding carboxylic acids is 1. The van der Waals surface area contributed by atoms with Crippen molar-refractivity contribution in [3.05, 3.63) is 0 Å². The van der Waals surface area contributed by atoms with Gasteiger partial charge in [0.15, 0.2) is 0 Å². The van der Waals surface area contributed by atoms with E-state index in [1.807, 2.05) is 0 Å². The smallest absolute Gasteiger partial charge is 0.322 e. The Morgan fingerprint density at radius 1 is 1.64 bits per heavy atom. The molecule has 1 atom stereocenters. The molecule has 1 aliphatic heterocycles. The molecule has 0 bridgehead atoms. The summed E-state index contributed by atoms with van der Waals surface area (Å²) in [6.07, 6.45) is 2.99. The van der Waals surface area contributed by atoms with Crippen LogP contribution < -0.4 is 5.73 Å². The lowest BCUT2D eigenvalue weighted by Crippen LogP contribution is -2.45. The van der Waals surface area contributed by atoms with Gasteiger partial charge < -0.3 is 10.6 Å². The van der Waals surface area contributed by atoms with Crippen LogP contribution in [0, 0.1) is 0 Å². The van der Waals surface area contributed by atoms with Crippen LogP contribution in [0.2, 0.25) is 0 Å². The summed E-state index contributed by atoms with van der Waals surface area (Å²) in [5.74, 6) is -0.289. The van der Waals surface area contributed by atoms with Crippen LogP contribution in [0.3, 0.4) is 0 Å². The van der Waals surface area contributed by atoms with Gasteiger partial charge in [0.25, 0.3) is 0 Å². The standard InChI is InChI=1S/C7H14N2O2/c1-6(10)11-9-5-3-2-4-7(9)8/h7H,2-5,8H2,1H3. The first-order valence-electron chi connectivity index (χ1n) is 3.91. The Morgan fingerprint density at radius 2 is 2.36 bits per heavy atom. The van der Waals surface area contributed by atoms with Gasteiger partial charge in [-0.2, -0.15) is 0 Å². The fourth-order valence-corrected chi connectivity index (χ4v) is 1.21. The normalized spacial score (nSPS) is 26.5. The SMILES string of the molecule is CC(=O)ON1CCCCC1N. The van der Waals surface area contributed by atoms with Crippen molar-refractivity contribution in [1.82, 2.24) is 5.06 Å². The average Bonchev–Trinajstić information content (AvgIpc) is 1.93. The number of rotatable bonds is 1. The van der Waals surface area contributed by atoms with Gasteiger partial charge in [-0.05, 0) is 19.3 Å². The second-order valence-electron chi connectivity index (χ2n) is 2.79. The molecular weight excluding hydrogens is 144 g/mol. The van der Waals surface area contributed by atoms with Crippen molar-refractivity contribution in [3.63, 3.8) is 0 Å². The second kappa shape index (κ2) is 3.69. The minimum atomic E-state index is -0.289. The van der Waals surface area contributed by atoms with Crippen molar-refractivity contribution >= 4 is 5.97 Å². The summed E-state index contributed by atoms with van der Waals surface area (Å²) in [7, 11) is 0. The number of nitrogens with zero attached hydrogens (tertiary/aromatic N) is 1. The maximum atomic E-state index is 10.5. The molecule has 0 spiro atoms. The average molecular weight is 158 g/mol. The fraction of sp³-hybridized carbons (Fsp3) is 0.857. The Bertz CT molecular complexity index is 149. The molecule has 0 radical (unpaired) electrons. The van der Waals surface area contributed by atoms with E-state index in [2.05, 4.69) is 0 Å². The summed E-state index contributed by atoms with van der Waals surface area (Å²) in [4.78, 5) is 15.4. The molecule has 11 heavy (non-hydrogen) atoms. The Kier molecular flexibility index (Phi) is 2.84. The molecule has 4 nitrogen and oxygen atoms in total. The van der Waals surface area contributed by atoms with E-state index in [1.54, 1.807) is 5.06 Å². The molecule has 0 aromatic heterocycles. The van der Waals surface area contributed by atoms with Gasteiger partial charge in [-0.1, -0.05) is 0 Å². The zero-order valence-electron chi connectivity index (χ0n) is 6.75. The van der Waals surface area contributed by atoms with E-state index in [-0.39, 0.29) is 12.1 Å². The third-order valence-electron chi connectivity index (χ3n) is 1.74. The molecule has 0 saturated carbocycles. The molecule has 1 saturated heterocycles. The molecular formula is C7H14N2O2. The van der Waals surface area contributed by atoms with E-state index in [0.717, 1.165) is 25.8 Å². The molecule has 0 aliphatic carbocycles. The summed E-state index contributed by atoms with van der Waals surface area (Å²) in [5, 5.41) is 1.56. The highest BCUT2D eigenvalue weighted by atomic mass is 16.7. The van der Waals surface area contributed by atoms with Gasteiger partial charge in [0.1, 0.15) is 0 Å². The first-order chi connectivity index (χ1) is 5.20. The van der Waals surface area contributed by atoms with Crippen LogP contribution in [-0.4, -0.2) is 23.7 Å². The van der Waals surface area contributed by atoms with E-state index in [0.29, 0.717) is 0 Å². The lowest BCUT2D eigenvalue weighted by Gasteiger charge is -2.30. The largest absolute Gasteiger partial charge is 0.367 e. The minimum Gasteiger partial charge on any atom is -0.367 e. The number of carbonyl (C=O) groups is 1. The highest BCUT2D eigenvalue weighted by molar-refractivity contribution is 5.65. The predicted octanol–water partition coefficient (Wildman–Crippen LogP) is 0.235. The zero-order chi connectivity index (χ0) is 8.27.